The van der Waals surface area contributed by atoms with Crippen LogP contribution in [-0.2, 0) is 10.0 Å². The average Bonchev–Trinajstić information content (AvgIpc) is 2.83. The highest BCUT2D eigenvalue weighted by molar-refractivity contribution is 7.90. The highest BCUT2D eigenvalue weighted by atomic mass is 35.5. The predicted octanol–water partition coefficient (Wildman–Crippen LogP) is 2.93. The molecule has 0 radical (unpaired) electrons. The van der Waals surface area contributed by atoms with Crippen molar-refractivity contribution in [3.63, 3.8) is 0 Å². The summed E-state index contributed by atoms with van der Waals surface area (Å²) in [4.78, 5) is 3.90. The van der Waals surface area contributed by atoms with Crippen molar-refractivity contribution in [2.24, 2.45) is 0 Å². The van der Waals surface area contributed by atoms with Crippen molar-refractivity contribution in [2.45, 2.75) is 5.03 Å². The maximum atomic E-state index is 12.5. The van der Waals surface area contributed by atoms with Crippen LogP contribution in [0.3, 0.4) is 0 Å². The third kappa shape index (κ3) is 2.01. The molecule has 3 aromatic rings. The molecule has 19 heavy (non-hydrogen) atoms. The topological polar surface area (TPSA) is 52.0 Å². The Labute approximate surface area is 115 Å². The van der Waals surface area contributed by atoms with Gasteiger partial charge < -0.3 is 0 Å². The maximum absolute atomic E-state index is 12.5. The van der Waals surface area contributed by atoms with E-state index >= 15 is 0 Å². The van der Waals surface area contributed by atoms with Gasteiger partial charge in [-0.2, -0.15) is 8.42 Å². The van der Waals surface area contributed by atoms with Crippen LogP contribution in [0.5, 0.6) is 0 Å². The Morgan fingerprint density at radius 2 is 1.95 bits per heavy atom. The molecule has 0 amide bonds. The lowest BCUT2D eigenvalue weighted by molar-refractivity contribution is 0.585. The third-order valence-corrected chi connectivity index (χ3v) is 4.62. The van der Waals surface area contributed by atoms with Crippen molar-refractivity contribution in [2.75, 3.05) is 0 Å². The molecule has 0 fully saturated rings. The van der Waals surface area contributed by atoms with Crippen molar-refractivity contribution in [3.05, 3.63) is 59.9 Å². The molecule has 0 aliphatic carbocycles. The average molecular weight is 293 g/mol. The summed E-state index contributed by atoms with van der Waals surface area (Å²) in [6.07, 6.45) is 2.96. The van der Waals surface area contributed by atoms with Gasteiger partial charge in [-0.1, -0.05) is 17.7 Å². The Morgan fingerprint density at radius 3 is 2.68 bits per heavy atom. The molecule has 2 aromatic heterocycles. The van der Waals surface area contributed by atoms with E-state index in [-0.39, 0.29) is 5.03 Å². The minimum atomic E-state index is -3.67. The molecule has 96 valence electrons. The van der Waals surface area contributed by atoms with Gasteiger partial charge in [-0.25, -0.2) is 8.96 Å². The largest absolute Gasteiger partial charge is 0.285 e. The third-order valence-electron chi connectivity index (χ3n) is 2.78. The molecule has 0 N–H and O–H groups in total. The zero-order chi connectivity index (χ0) is 13.5. The minimum Gasteiger partial charge on any atom is -0.243 e. The molecule has 4 nitrogen and oxygen atoms in total. The Kier molecular flexibility index (Phi) is 2.80. The first-order valence-corrected chi connectivity index (χ1v) is 7.34. The van der Waals surface area contributed by atoms with E-state index in [2.05, 4.69) is 4.98 Å². The fourth-order valence-electron chi connectivity index (χ4n) is 1.90. The van der Waals surface area contributed by atoms with E-state index in [0.29, 0.717) is 10.5 Å². The summed E-state index contributed by atoms with van der Waals surface area (Å²) >= 11 is 5.89. The van der Waals surface area contributed by atoms with Gasteiger partial charge in [0.1, 0.15) is 0 Å². The van der Waals surface area contributed by atoms with Crippen LogP contribution < -0.4 is 0 Å². The van der Waals surface area contributed by atoms with Gasteiger partial charge in [0, 0.05) is 22.8 Å². The molecule has 0 saturated carbocycles. The van der Waals surface area contributed by atoms with Crippen molar-refractivity contribution < 1.29 is 8.42 Å². The normalized spacial score (nSPS) is 11.8. The first-order chi connectivity index (χ1) is 9.09. The van der Waals surface area contributed by atoms with Crippen LogP contribution in [0.15, 0.2) is 59.9 Å². The summed E-state index contributed by atoms with van der Waals surface area (Å²) in [7, 11) is -3.67. The molecule has 0 saturated heterocycles. The molecule has 0 atom stereocenters. The van der Waals surface area contributed by atoms with Crippen LogP contribution in [0.2, 0.25) is 5.02 Å². The summed E-state index contributed by atoms with van der Waals surface area (Å²) < 4.78 is 26.1. The van der Waals surface area contributed by atoms with Crippen molar-refractivity contribution in [1.29, 1.82) is 0 Å². The highest BCUT2D eigenvalue weighted by Crippen LogP contribution is 2.23. The lowest BCUT2D eigenvalue weighted by atomic mass is 10.2. The van der Waals surface area contributed by atoms with Crippen LogP contribution in [0, 0.1) is 0 Å². The number of aromatic nitrogens is 2. The van der Waals surface area contributed by atoms with Crippen LogP contribution >= 0.6 is 11.6 Å². The second kappa shape index (κ2) is 4.36. The molecule has 3 rings (SSSR count). The number of hydrogen-bond acceptors (Lipinski definition) is 3. The molecule has 0 unspecified atom stereocenters. The zero-order valence-electron chi connectivity index (χ0n) is 9.69. The quantitative estimate of drug-likeness (QED) is 0.730. The Morgan fingerprint density at radius 1 is 1.11 bits per heavy atom. The standard InChI is InChI=1S/C13H9ClN2O2S/c14-11-4-5-12-10(9-11)6-8-16(12)19(17,18)13-3-1-2-7-15-13/h1-9H. The first kappa shape index (κ1) is 12.2. The van der Waals surface area contributed by atoms with E-state index in [1.807, 2.05) is 0 Å². The predicted molar refractivity (Wildman–Crippen MR) is 73.8 cm³/mol. The fraction of sp³-hybridized carbons (Fsp3) is 0. The van der Waals surface area contributed by atoms with Gasteiger partial charge in [-0.05, 0) is 36.4 Å². The van der Waals surface area contributed by atoms with Crippen LogP contribution in [0.1, 0.15) is 0 Å². The summed E-state index contributed by atoms with van der Waals surface area (Å²) in [6, 6.07) is 11.6. The first-order valence-electron chi connectivity index (χ1n) is 5.52. The molecular weight excluding hydrogens is 284 g/mol. The van der Waals surface area contributed by atoms with E-state index < -0.39 is 10.0 Å². The van der Waals surface area contributed by atoms with Crippen LogP contribution in [0.25, 0.3) is 10.9 Å². The van der Waals surface area contributed by atoms with E-state index in [0.717, 1.165) is 5.39 Å². The maximum Gasteiger partial charge on any atom is 0.285 e. The number of benzene rings is 1. The van der Waals surface area contributed by atoms with Gasteiger partial charge >= 0.3 is 0 Å². The Hall–Kier alpha value is -1.85. The molecule has 0 aliphatic heterocycles. The lowest BCUT2D eigenvalue weighted by Crippen LogP contribution is -2.13. The zero-order valence-corrected chi connectivity index (χ0v) is 11.3. The Bertz CT molecular complexity index is 841. The van der Waals surface area contributed by atoms with E-state index in [9.17, 15) is 8.42 Å². The molecule has 0 bridgehead atoms. The molecule has 6 heteroatoms. The number of hydrogen-bond donors (Lipinski definition) is 0. The lowest BCUT2D eigenvalue weighted by Gasteiger charge is -2.06. The van der Waals surface area contributed by atoms with Crippen LogP contribution in [0.4, 0.5) is 0 Å². The highest BCUT2D eigenvalue weighted by Gasteiger charge is 2.19. The smallest absolute Gasteiger partial charge is 0.243 e. The number of halogens is 1. The van der Waals surface area contributed by atoms with E-state index in [4.69, 9.17) is 11.6 Å². The van der Waals surface area contributed by atoms with Crippen molar-refractivity contribution in [1.82, 2.24) is 8.96 Å². The summed E-state index contributed by atoms with van der Waals surface area (Å²) in [6.45, 7) is 0. The molecular formula is C13H9ClN2O2S. The summed E-state index contributed by atoms with van der Waals surface area (Å²) in [5.41, 5.74) is 0.579. The number of rotatable bonds is 2. The van der Waals surface area contributed by atoms with Gasteiger partial charge in [-0.3, -0.25) is 0 Å². The van der Waals surface area contributed by atoms with Gasteiger partial charge in [0.15, 0.2) is 5.03 Å². The minimum absolute atomic E-state index is 0.0162. The molecule has 0 aliphatic rings. The monoisotopic (exact) mass is 292 g/mol. The van der Waals surface area contributed by atoms with Gasteiger partial charge in [-0.15, -0.1) is 0 Å². The molecule has 1 aromatic carbocycles. The van der Waals surface area contributed by atoms with Gasteiger partial charge in [0.2, 0.25) is 0 Å². The molecule has 0 spiro atoms. The second-order valence-corrected chi connectivity index (χ2v) is 6.19. The SMILES string of the molecule is O=S(=O)(c1ccccn1)n1ccc2cc(Cl)ccc21. The van der Waals surface area contributed by atoms with E-state index in [1.165, 1.54) is 22.4 Å². The number of pyridine rings is 1. The van der Waals surface area contributed by atoms with Gasteiger partial charge in [0.05, 0.1) is 5.52 Å². The number of nitrogens with zero attached hydrogens (tertiary/aromatic N) is 2. The van der Waals surface area contributed by atoms with Crippen molar-refractivity contribution >= 4 is 32.5 Å². The van der Waals surface area contributed by atoms with Crippen molar-refractivity contribution in [3.8, 4) is 0 Å². The summed E-state index contributed by atoms with van der Waals surface area (Å²) in [5, 5.41) is 1.36. The Balaban J connectivity index is 2.25. The number of fused-ring (bicyclic) bond motifs is 1. The second-order valence-electron chi connectivity index (χ2n) is 3.99. The molecule has 2 heterocycles. The van der Waals surface area contributed by atoms with E-state index in [1.54, 1.807) is 36.4 Å². The summed E-state index contributed by atoms with van der Waals surface area (Å²) in [5.74, 6) is 0. The van der Waals surface area contributed by atoms with Gasteiger partial charge in [0.25, 0.3) is 10.0 Å². The van der Waals surface area contributed by atoms with Crippen LogP contribution in [-0.4, -0.2) is 17.4 Å². The fourth-order valence-corrected chi connectivity index (χ4v) is 3.37.